The van der Waals surface area contributed by atoms with Gasteiger partial charge in [-0.15, -0.1) is 0 Å². The Balaban J connectivity index is 2.51. The van der Waals surface area contributed by atoms with Crippen LogP contribution in [0, 0.1) is 5.41 Å². The van der Waals surface area contributed by atoms with Crippen molar-refractivity contribution in [1.29, 1.82) is 0 Å². The Kier molecular flexibility index (Phi) is 2.84. The smallest absolute Gasteiger partial charge is 0.0161 e. The molecule has 60 valence electrons. The van der Waals surface area contributed by atoms with Gasteiger partial charge in [-0.3, -0.25) is 0 Å². The minimum absolute atomic E-state index is 0.528. The summed E-state index contributed by atoms with van der Waals surface area (Å²) in [6.07, 6.45) is 3.91. The van der Waals surface area contributed by atoms with Gasteiger partial charge in [0.15, 0.2) is 0 Å². The second kappa shape index (κ2) is 3.14. The first-order valence-corrected chi connectivity index (χ1v) is 5.61. The van der Waals surface area contributed by atoms with E-state index in [1.165, 1.54) is 19.3 Å². The van der Waals surface area contributed by atoms with Crippen molar-refractivity contribution in [2.75, 3.05) is 0 Å². The fourth-order valence-corrected chi connectivity index (χ4v) is 4.88. The second-order valence-corrected chi connectivity index (χ2v) is 6.59. The summed E-state index contributed by atoms with van der Waals surface area (Å²) >= 11 is 7.35. The first kappa shape index (κ1) is 9.05. The van der Waals surface area contributed by atoms with E-state index in [0.29, 0.717) is 5.41 Å². The van der Waals surface area contributed by atoms with E-state index in [1.54, 1.807) is 0 Å². The molecule has 0 heterocycles. The van der Waals surface area contributed by atoms with Crippen LogP contribution in [0.1, 0.15) is 33.1 Å². The van der Waals surface area contributed by atoms with Crippen LogP contribution in [-0.2, 0) is 0 Å². The van der Waals surface area contributed by atoms with Crippen LogP contribution in [0.5, 0.6) is 0 Å². The minimum Gasteiger partial charge on any atom is -0.0890 e. The molecule has 2 heteroatoms. The largest absolute Gasteiger partial charge is 0.0890 e. The summed E-state index contributed by atoms with van der Waals surface area (Å²) in [5, 5.41) is 0. The van der Waals surface area contributed by atoms with Gasteiger partial charge in [0.05, 0.1) is 0 Å². The molecule has 1 aliphatic carbocycles. The summed E-state index contributed by atoms with van der Waals surface area (Å²) in [6.45, 7) is 4.68. The maximum atomic E-state index is 3.67. The van der Waals surface area contributed by atoms with Crippen molar-refractivity contribution >= 4 is 31.9 Å². The Morgan fingerprint density at radius 3 is 1.80 bits per heavy atom. The second-order valence-electron chi connectivity index (χ2n) is 4.00. The molecule has 0 aromatic rings. The SMILES string of the molecule is CC1(C)CC(Br)CC(Br)C1. The van der Waals surface area contributed by atoms with E-state index in [0.717, 1.165) is 9.65 Å². The van der Waals surface area contributed by atoms with Crippen molar-refractivity contribution in [3.63, 3.8) is 0 Å². The molecule has 0 N–H and O–H groups in total. The number of alkyl halides is 2. The zero-order valence-electron chi connectivity index (χ0n) is 6.53. The van der Waals surface area contributed by atoms with E-state index in [1.807, 2.05) is 0 Å². The molecule has 2 atom stereocenters. The van der Waals surface area contributed by atoms with E-state index in [-0.39, 0.29) is 0 Å². The van der Waals surface area contributed by atoms with E-state index in [2.05, 4.69) is 45.7 Å². The molecule has 0 bridgehead atoms. The molecular formula is C8H14Br2. The van der Waals surface area contributed by atoms with Crippen LogP contribution in [0.3, 0.4) is 0 Å². The van der Waals surface area contributed by atoms with Gasteiger partial charge in [-0.2, -0.15) is 0 Å². The summed E-state index contributed by atoms with van der Waals surface area (Å²) in [7, 11) is 0. The third-order valence-corrected chi connectivity index (χ3v) is 3.45. The maximum absolute atomic E-state index is 3.67. The molecule has 0 saturated heterocycles. The highest BCUT2D eigenvalue weighted by Crippen LogP contribution is 2.40. The molecule has 1 rings (SSSR count). The van der Waals surface area contributed by atoms with Crippen LogP contribution in [-0.4, -0.2) is 9.65 Å². The number of hydrogen-bond donors (Lipinski definition) is 0. The van der Waals surface area contributed by atoms with Crippen molar-refractivity contribution < 1.29 is 0 Å². The summed E-state index contributed by atoms with van der Waals surface area (Å²) < 4.78 is 0. The number of halogens is 2. The minimum atomic E-state index is 0.528. The lowest BCUT2D eigenvalue weighted by atomic mass is 9.77. The van der Waals surface area contributed by atoms with Crippen LogP contribution >= 0.6 is 31.9 Å². The number of rotatable bonds is 0. The van der Waals surface area contributed by atoms with Gasteiger partial charge in [-0.05, 0) is 24.7 Å². The molecule has 0 radical (unpaired) electrons. The monoisotopic (exact) mass is 268 g/mol. The molecule has 1 saturated carbocycles. The van der Waals surface area contributed by atoms with Crippen LogP contribution in [0.4, 0.5) is 0 Å². The van der Waals surface area contributed by atoms with Crippen LogP contribution in [0.15, 0.2) is 0 Å². The molecule has 0 nitrogen and oxygen atoms in total. The predicted octanol–water partition coefficient (Wildman–Crippen LogP) is 3.72. The topological polar surface area (TPSA) is 0 Å². The third kappa shape index (κ3) is 2.54. The summed E-state index contributed by atoms with van der Waals surface area (Å²) in [5.41, 5.74) is 0.528. The highest BCUT2D eigenvalue weighted by atomic mass is 79.9. The van der Waals surface area contributed by atoms with E-state index in [4.69, 9.17) is 0 Å². The first-order chi connectivity index (χ1) is 4.49. The van der Waals surface area contributed by atoms with Gasteiger partial charge in [-0.1, -0.05) is 45.7 Å². The maximum Gasteiger partial charge on any atom is 0.0161 e. The molecule has 0 aromatic heterocycles. The van der Waals surface area contributed by atoms with Gasteiger partial charge < -0.3 is 0 Å². The Bertz CT molecular complexity index is 108. The van der Waals surface area contributed by atoms with Gasteiger partial charge >= 0.3 is 0 Å². The molecule has 0 spiro atoms. The average Bonchev–Trinajstić information content (AvgIpc) is 1.54. The van der Waals surface area contributed by atoms with E-state index < -0.39 is 0 Å². The Morgan fingerprint density at radius 2 is 1.50 bits per heavy atom. The van der Waals surface area contributed by atoms with Crippen molar-refractivity contribution in [3.8, 4) is 0 Å². The van der Waals surface area contributed by atoms with Gasteiger partial charge in [0, 0.05) is 9.65 Å². The molecular weight excluding hydrogens is 256 g/mol. The molecule has 2 unspecified atom stereocenters. The van der Waals surface area contributed by atoms with Crippen molar-refractivity contribution in [2.24, 2.45) is 5.41 Å². The molecule has 1 aliphatic rings. The average molecular weight is 270 g/mol. The summed E-state index contributed by atoms with van der Waals surface area (Å²) in [4.78, 5) is 1.45. The number of hydrogen-bond acceptors (Lipinski definition) is 0. The normalized spacial score (nSPS) is 39.6. The lowest BCUT2D eigenvalue weighted by Gasteiger charge is -2.35. The Hall–Kier alpha value is 0.960. The zero-order chi connectivity index (χ0) is 7.78. The highest BCUT2D eigenvalue weighted by molar-refractivity contribution is 9.10. The molecule has 0 amide bonds. The molecule has 1 fully saturated rings. The summed E-state index contributed by atoms with van der Waals surface area (Å²) in [5.74, 6) is 0. The quantitative estimate of drug-likeness (QED) is 0.588. The van der Waals surface area contributed by atoms with E-state index >= 15 is 0 Å². The zero-order valence-corrected chi connectivity index (χ0v) is 9.70. The predicted molar refractivity (Wildman–Crippen MR) is 53.1 cm³/mol. The van der Waals surface area contributed by atoms with Crippen LogP contribution in [0.25, 0.3) is 0 Å². The third-order valence-electron chi connectivity index (χ3n) is 2.06. The first-order valence-electron chi connectivity index (χ1n) is 3.78. The summed E-state index contributed by atoms with van der Waals surface area (Å²) in [6, 6.07) is 0. The van der Waals surface area contributed by atoms with Gasteiger partial charge in [0.1, 0.15) is 0 Å². The molecule has 0 aromatic carbocycles. The molecule has 10 heavy (non-hydrogen) atoms. The van der Waals surface area contributed by atoms with Gasteiger partial charge in [0.2, 0.25) is 0 Å². The van der Waals surface area contributed by atoms with Crippen molar-refractivity contribution in [3.05, 3.63) is 0 Å². The standard InChI is InChI=1S/C8H14Br2/c1-8(2)4-6(9)3-7(10)5-8/h6-7H,3-5H2,1-2H3. The van der Waals surface area contributed by atoms with Crippen LogP contribution < -0.4 is 0 Å². The fourth-order valence-electron chi connectivity index (χ4n) is 1.73. The van der Waals surface area contributed by atoms with E-state index in [9.17, 15) is 0 Å². The van der Waals surface area contributed by atoms with Crippen LogP contribution in [0.2, 0.25) is 0 Å². The fraction of sp³-hybridized carbons (Fsp3) is 1.00. The van der Waals surface area contributed by atoms with Crippen molar-refractivity contribution in [2.45, 2.75) is 42.8 Å². The van der Waals surface area contributed by atoms with Gasteiger partial charge in [0.25, 0.3) is 0 Å². The van der Waals surface area contributed by atoms with Crippen molar-refractivity contribution in [1.82, 2.24) is 0 Å². The Labute approximate surface area is 80.0 Å². The van der Waals surface area contributed by atoms with Gasteiger partial charge in [-0.25, -0.2) is 0 Å². The Morgan fingerprint density at radius 1 is 1.10 bits per heavy atom. The lowest BCUT2D eigenvalue weighted by Crippen LogP contribution is -2.29. The highest BCUT2D eigenvalue weighted by Gasteiger charge is 2.31. The lowest BCUT2D eigenvalue weighted by molar-refractivity contribution is 0.261. The molecule has 0 aliphatic heterocycles.